The van der Waals surface area contributed by atoms with Crippen molar-refractivity contribution in [2.24, 2.45) is 11.7 Å². The third-order valence-electron chi connectivity index (χ3n) is 5.26. The first kappa shape index (κ1) is 19.0. The molecule has 1 aromatic rings. The lowest BCUT2D eigenvalue weighted by Crippen LogP contribution is -2.53. The fourth-order valence-electron chi connectivity index (χ4n) is 3.84. The van der Waals surface area contributed by atoms with Gasteiger partial charge < -0.3 is 25.8 Å². The van der Waals surface area contributed by atoms with Crippen molar-refractivity contribution in [1.82, 2.24) is 10.2 Å². The van der Waals surface area contributed by atoms with Gasteiger partial charge in [-0.3, -0.25) is 9.59 Å². The number of nitrogens with one attached hydrogen (secondary N) is 1. The van der Waals surface area contributed by atoms with Crippen molar-refractivity contribution < 1.29 is 17.2 Å². The molecule has 2 aliphatic heterocycles. The quantitative estimate of drug-likeness (QED) is 0.825. The number of carbonyl (C=O) groups is 3. The van der Waals surface area contributed by atoms with E-state index < -0.39 is 12.1 Å². The van der Waals surface area contributed by atoms with Gasteiger partial charge in [0.1, 0.15) is 6.04 Å². The van der Waals surface area contributed by atoms with E-state index in [1.54, 1.807) is 23.9 Å². The molecule has 1 aromatic carbocycles. The van der Waals surface area contributed by atoms with Gasteiger partial charge in [-0.25, -0.2) is 4.79 Å². The molecule has 0 bridgehead atoms. The van der Waals surface area contributed by atoms with Crippen LogP contribution in [0.25, 0.3) is 0 Å². The summed E-state index contributed by atoms with van der Waals surface area (Å²) in [6.07, 6.45) is 2.26. The molecule has 2 heterocycles. The van der Waals surface area contributed by atoms with Gasteiger partial charge in [-0.2, -0.15) is 0 Å². The molecule has 3 N–H and O–H groups in total. The van der Waals surface area contributed by atoms with Crippen LogP contribution in [0.5, 0.6) is 0 Å². The van der Waals surface area contributed by atoms with Gasteiger partial charge in [0, 0.05) is 48.0 Å². The van der Waals surface area contributed by atoms with Crippen LogP contribution in [0.4, 0.5) is 16.2 Å². The maximum atomic E-state index is 12.6. The Morgan fingerprint density at radius 1 is 1.15 bits per heavy atom. The van der Waals surface area contributed by atoms with Crippen LogP contribution in [0.3, 0.4) is 0 Å². The Labute approximate surface area is 162 Å². The molecule has 2 fully saturated rings. The van der Waals surface area contributed by atoms with E-state index in [9.17, 15) is 14.4 Å². The third-order valence-corrected chi connectivity index (χ3v) is 5.26. The SMILES string of the molecule is CN(C)C(=O)C1CCN(c2ccc(N3CCC[C@@H](NC(N)=O)C3=O)cc2)C1.[HH].[HH]. The Morgan fingerprint density at radius 3 is 2.44 bits per heavy atom. The number of anilines is 2. The number of hydrogen-bond donors (Lipinski definition) is 2. The van der Waals surface area contributed by atoms with Crippen molar-refractivity contribution in [2.75, 3.05) is 43.5 Å². The van der Waals surface area contributed by atoms with E-state index in [-0.39, 0.29) is 20.6 Å². The highest BCUT2D eigenvalue weighted by atomic mass is 16.2. The number of benzene rings is 1. The number of amides is 4. The molecule has 0 radical (unpaired) electrons. The Kier molecular flexibility index (Phi) is 5.53. The largest absolute Gasteiger partial charge is 0.371 e. The normalized spacial score (nSPS) is 22.7. The summed E-state index contributed by atoms with van der Waals surface area (Å²) in [6.45, 7) is 2.18. The summed E-state index contributed by atoms with van der Waals surface area (Å²) in [5.41, 5.74) is 7.01. The first-order valence-corrected chi connectivity index (χ1v) is 9.30. The summed E-state index contributed by atoms with van der Waals surface area (Å²) in [5.74, 6) is 0.0654. The first-order chi connectivity index (χ1) is 12.9. The highest BCUT2D eigenvalue weighted by Gasteiger charge is 2.31. The predicted octanol–water partition coefficient (Wildman–Crippen LogP) is 1.26. The molecule has 3 rings (SSSR count). The first-order valence-electron chi connectivity index (χ1n) is 9.30. The molecule has 150 valence electrons. The molecule has 2 aliphatic rings. The van der Waals surface area contributed by atoms with Gasteiger partial charge in [0.05, 0.1) is 5.92 Å². The van der Waals surface area contributed by atoms with Crippen LogP contribution in [0.15, 0.2) is 24.3 Å². The smallest absolute Gasteiger partial charge is 0.312 e. The fraction of sp³-hybridized carbons (Fsp3) is 0.526. The minimum atomic E-state index is -0.679. The van der Waals surface area contributed by atoms with Crippen LogP contribution in [0, 0.1) is 5.92 Å². The molecule has 1 unspecified atom stereocenters. The minimum absolute atomic E-state index is 0. The number of rotatable bonds is 4. The summed E-state index contributed by atoms with van der Waals surface area (Å²) >= 11 is 0. The van der Waals surface area contributed by atoms with E-state index in [0.717, 1.165) is 30.8 Å². The van der Waals surface area contributed by atoms with Crippen molar-refractivity contribution in [3.63, 3.8) is 0 Å². The van der Waals surface area contributed by atoms with Crippen molar-refractivity contribution in [1.29, 1.82) is 0 Å². The topological polar surface area (TPSA) is 99.0 Å². The second kappa shape index (κ2) is 7.85. The summed E-state index contributed by atoms with van der Waals surface area (Å²) < 4.78 is 0. The molecular formula is C19H31N5O3. The molecule has 0 saturated carbocycles. The van der Waals surface area contributed by atoms with Gasteiger partial charge >= 0.3 is 6.03 Å². The zero-order valence-corrected chi connectivity index (χ0v) is 15.9. The monoisotopic (exact) mass is 377 g/mol. The zero-order valence-electron chi connectivity index (χ0n) is 15.9. The number of primary amides is 1. The molecule has 8 nitrogen and oxygen atoms in total. The number of nitrogens with two attached hydrogens (primary N) is 1. The van der Waals surface area contributed by atoms with Crippen molar-refractivity contribution in [3.8, 4) is 0 Å². The summed E-state index contributed by atoms with van der Waals surface area (Å²) in [5, 5.41) is 2.52. The molecule has 2 atom stereocenters. The number of carbonyl (C=O) groups excluding carboxylic acids is 3. The Balaban J connectivity index is 0.00000210. The molecule has 0 spiro atoms. The van der Waals surface area contributed by atoms with E-state index in [1.807, 2.05) is 24.3 Å². The molecule has 27 heavy (non-hydrogen) atoms. The van der Waals surface area contributed by atoms with Gasteiger partial charge in [-0.1, -0.05) is 0 Å². The Bertz CT molecular complexity index is 729. The maximum absolute atomic E-state index is 12.6. The van der Waals surface area contributed by atoms with E-state index in [1.165, 1.54) is 0 Å². The molecule has 4 amide bonds. The van der Waals surface area contributed by atoms with Gasteiger partial charge in [-0.15, -0.1) is 0 Å². The Hall–Kier alpha value is -2.77. The van der Waals surface area contributed by atoms with Crippen molar-refractivity contribution in [3.05, 3.63) is 24.3 Å². The minimum Gasteiger partial charge on any atom is -0.371 e. The van der Waals surface area contributed by atoms with Gasteiger partial charge in [0.25, 0.3) is 0 Å². The number of hydrogen-bond acceptors (Lipinski definition) is 4. The number of piperidine rings is 1. The van der Waals surface area contributed by atoms with Gasteiger partial charge in [0.15, 0.2) is 0 Å². The zero-order chi connectivity index (χ0) is 19.6. The molecule has 0 aromatic heterocycles. The van der Waals surface area contributed by atoms with Crippen LogP contribution >= 0.6 is 0 Å². The van der Waals surface area contributed by atoms with Crippen molar-refractivity contribution >= 4 is 29.2 Å². The van der Waals surface area contributed by atoms with E-state index in [0.29, 0.717) is 19.5 Å². The second-order valence-corrected chi connectivity index (χ2v) is 7.37. The lowest BCUT2D eigenvalue weighted by Gasteiger charge is -2.32. The van der Waals surface area contributed by atoms with Crippen molar-refractivity contribution in [2.45, 2.75) is 25.3 Å². The lowest BCUT2D eigenvalue weighted by molar-refractivity contribution is -0.132. The predicted molar refractivity (Wildman–Crippen MR) is 108 cm³/mol. The molecule has 8 heteroatoms. The highest BCUT2D eigenvalue weighted by molar-refractivity contribution is 5.99. The fourth-order valence-corrected chi connectivity index (χ4v) is 3.84. The number of nitrogens with zero attached hydrogens (tertiary/aromatic N) is 3. The lowest BCUT2D eigenvalue weighted by atomic mass is 10.0. The highest BCUT2D eigenvalue weighted by Crippen LogP contribution is 2.28. The van der Waals surface area contributed by atoms with Crippen LogP contribution in [0.2, 0.25) is 0 Å². The van der Waals surface area contributed by atoms with Crippen LogP contribution in [-0.2, 0) is 9.59 Å². The average molecular weight is 377 g/mol. The van der Waals surface area contributed by atoms with Crippen LogP contribution in [0.1, 0.15) is 22.1 Å². The summed E-state index contributed by atoms with van der Waals surface area (Å²) in [7, 11) is 3.57. The van der Waals surface area contributed by atoms with Gasteiger partial charge in [0.2, 0.25) is 11.8 Å². The van der Waals surface area contributed by atoms with E-state index in [4.69, 9.17) is 5.73 Å². The van der Waals surface area contributed by atoms with Crippen LogP contribution < -0.4 is 20.9 Å². The number of urea groups is 1. The van der Waals surface area contributed by atoms with E-state index in [2.05, 4.69) is 10.2 Å². The van der Waals surface area contributed by atoms with Crippen LogP contribution in [-0.4, -0.2) is 62.5 Å². The maximum Gasteiger partial charge on any atom is 0.312 e. The van der Waals surface area contributed by atoms with Gasteiger partial charge in [-0.05, 0) is 43.5 Å². The molecule has 2 saturated heterocycles. The average Bonchev–Trinajstić information content (AvgIpc) is 3.12. The summed E-state index contributed by atoms with van der Waals surface area (Å²) in [6, 6.07) is 6.56. The summed E-state index contributed by atoms with van der Waals surface area (Å²) in [4.78, 5) is 41.3. The third kappa shape index (κ3) is 4.15. The Morgan fingerprint density at radius 2 is 1.81 bits per heavy atom. The molecule has 0 aliphatic carbocycles. The standard InChI is InChI=1S/C19H27N5O3.2H2/c1-22(2)17(25)13-9-11-23(12-13)14-5-7-15(8-6-14)24-10-3-4-16(18(24)26)21-19(20)27;;/h5-8,13,16H,3-4,9-12H2,1-2H3,(H3,20,21,27);2*1H/t13?,16-;;/m1../s1. The molecular weight excluding hydrogens is 346 g/mol. The van der Waals surface area contributed by atoms with E-state index >= 15 is 0 Å². The second-order valence-electron chi connectivity index (χ2n) is 7.37.